The Morgan fingerprint density at radius 1 is 0.977 bits per heavy atom. The van der Waals surface area contributed by atoms with Gasteiger partial charge in [-0.25, -0.2) is 4.39 Å². The fraction of sp³-hybridized carbons (Fsp3) is 0.744. The molecule has 0 aromatic heterocycles. The minimum absolute atomic E-state index is 0.0565. The lowest BCUT2D eigenvalue weighted by molar-refractivity contribution is -0.152. The van der Waals surface area contributed by atoms with E-state index in [4.69, 9.17) is 4.74 Å². The van der Waals surface area contributed by atoms with E-state index in [1.54, 1.807) is 0 Å². The molecule has 0 spiro atoms. The van der Waals surface area contributed by atoms with Crippen LogP contribution in [0.15, 0.2) is 35.9 Å². The molecule has 5 rings (SSSR count). The Hall–Kier alpha value is -2.17. The van der Waals surface area contributed by atoms with Crippen molar-refractivity contribution in [1.29, 1.82) is 0 Å². The number of benzene rings is 1. The van der Waals surface area contributed by atoms with Gasteiger partial charge < -0.3 is 10.1 Å². The number of hydrogen-bond acceptors (Lipinski definition) is 3. The molecule has 3 fully saturated rings. The average molecular weight is 608 g/mol. The number of hydrogen-bond donors (Lipinski definition) is 1. The van der Waals surface area contributed by atoms with Gasteiger partial charge in [-0.1, -0.05) is 66.0 Å². The van der Waals surface area contributed by atoms with E-state index in [0.29, 0.717) is 11.1 Å². The Morgan fingerprint density at radius 3 is 2.43 bits per heavy atom. The normalized spacial score (nSPS) is 34.3. The van der Waals surface area contributed by atoms with Gasteiger partial charge in [-0.15, -0.1) is 0 Å². The van der Waals surface area contributed by atoms with E-state index in [9.17, 15) is 14.0 Å². The topological polar surface area (TPSA) is 55.4 Å². The van der Waals surface area contributed by atoms with Crippen molar-refractivity contribution >= 4 is 17.6 Å². The van der Waals surface area contributed by atoms with Gasteiger partial charge in [0.1, 0.15) is 11.9 Å². The zero-order chi connectivity index (χ0) is 31.6. The first-order valence-electron chi connectivity index (χ1n) is 17.9. The summed E-state index contributed by atoms with van der Waals surface area (Å²) in [5.41, 5.74) is 2.74. The van der Waals surface area contributed by atoms with Crippen LogP contribution in [0.1, 0.15) is 125 Å². The molecule has 1 aromatic rings. The molecule has 5 heteroatoms. The van der Waals surface area contributed by atoms with Gasteiger partial charge in [-0.05, 0) is 128 Å². The molecule has 4 aliphatic rings. The minimum atomic E-state index is -0.351. The van der Waals surface area contributed by atoms with Crippen molar-refractivity contribution in [3.05, 3.63) is 41.7 Å². The molecule has 44 heavy (non-hydrogen) atoms. The van der Waals surface area contributed by atoms with Crippen LogP contribution in [0.5, 0.6) is 0 Å². The third-order valence-electron chi connectivity index (χ3n) is 13.3. The predicted octanol–water partition coefficient (Wildman–Crippen LogP) is 10.1. The van der Waals surface area contributed by atoms with Gasteiger partial charge in [-0.3, -0.25) is 9.59 Å². The SMILES string of the molecule is CC[C@H](CC[C@@H](C)[C@H]1CC[C@H]2[C@@H]3CC=C4C[C@@H](OC(=O)CCC(=O)Nc5ccc(F)cc5)CC[C@]4(C)[C@H]3CC[C@]12C)C(C)C. The molecule has 0 saturated heterocycles. The van der Waals surface area contributed by atoms with Crippen molar-refractivity contribution in [3.63, 3.8) is 0 Å². The molecule has 1 amide bonds. The molecule has 1 N–H and O–H groups in total. The van der Waals surface area contributed by atoms with Gasteiger partial charge in [0.05, 0.1) is 6.42 Å². The fourth-order valence-corrected chi connectivity index (χ4v) is 10.6. The Morgan fingerprint density at radius 2 is 1.73 bits per heavy atom. The summed E-state index contributed by atoms with van der Waals surface area (Å²) in [5.74, 6) is 4.79. The van der Waals surface area contributed by atoms with Crippen LogP contribution in [0.3, 0.4) is 0 Å². The Kier molecular flexibility index (Phi) is 10.3. The van der Waals surface area contributed by atoms with E-state index in [-0.39, 0.29) is 42.1 Å². The highest BCUT2D eigenvalue weighted by Crippen LogP contribution is 2.67. The maximum absolute atomic E-state index is 13.1. The van der Waals surface area contributed by atoms with Crippen LogP contribution in [-0.4, -0.2) is 18.0 Å². The van der Waals surface area contributed by atoms with Crippen molar-refractivity contribution in [2.45, 2.75) is 131 Å². The number of carbonyl (C=O) groups is 2. The standard InChI is InChI=1S/C39H58FNO3/c1-7-27(25(2)3)9-8-26(4)33-16-17-34-32-15-10-28-24-31(20-22-38(28,5)35(32)21-23-39(33,34)6)44-37(43)19-18-36(42)41-30-13-11-29(40)12-14-30/h10-14,25-27,31-35H,7-9,15-24H2,1-6H3,(H,41,42)/t26-,27-,31+,32+,33-,34+,35+,38+,39-/m1/s1. The molecule has 3 saturated carbocycles. The molecular formula is C39H58FNO3. The molecule has 9 atom stereocenters. The fourth-order valence-electron chi connectivity index (χ4n) is 10.6. The first-order chi connectivity index (χ1) is 20.9. The van der Waals surface area contributed by atoms with Crippen LogP contribution >= 0.6 is 0 Å². The summed E-state index contributed by atoms with van der Waals surface area (Å²) >= 11 is 0. The zero-order valence-corrected chi connectivity index (χ0v) is 28.3. The number of ether oxygens (including phenoxy) is 1. The van der Waals surface area contributed by atoms with Gasteiger partial charge >= 0.3 is 5.97 Å². The quantitative estimate of drug-likeness (QED) is 0.201. The average Bonchev–Trinajstić information content (AvgIpc) is 3.35. The highest BCUT2D eigenvalue weighted by atomic mass is 19.1. The van der Waals surface area contributed by atoms with Gasteiger partial charge in [0.15, 0.2) is 0 Å². The first-order valence-corrected chi connectivity index (χ1v) is 17.9. The van der Waals surface area contributed by atoms with E-state index in [1.807, 2.05) is 0 Å². The lowest BCUT2D eigenvalue weighted by Crippen LogP contribution is -2.51. The molecule has 0 radical (unpaired) electrons. The van der Waals surface area contributed by atoms with E-state index in [1.165, 1.54) is 81.2 Å². The lowest BCUT2D eigenvalue weighted by Gasteiger charge is -2.58. The number of rotatable bonds is 11. The first kappa shape index (κ1) is 33.2. The summed E-state index contributed by atoms with van der Waals surface area (Å²) < 4.78 is 19.0. The molecule has 4 aliphatic carbocycles. The number of fused-ring (bicyclic) bond motifs is 5. The molecule has 244 valence electrons. The second kappa shape index (κ2) is 13.7. The Balaban J connectivity index is 1.14. The van der Waals surface area contributed by atoms with Crippen LogP contribution < -0.4 is 5.32 Å². The Bertz CT molecular complexity index is 1190. The van der Waals surface area contributed by atoms with Crippen LogP contribution in [-0.2, 0) is 14.3 Å². The minimum Gasteiger partial charge on any atom is -0.462 e. The third kappa shape index (κ3) is 6.82. The monoisotopic (exact) mass is 607 g/mol. The molecule has 0 aliphatic heterocycles. The van der Waals surface area contributed by atoms with Crippen LogP contribution in [0.25, 0.3) is 0 Å². The summed E-state index contributed by atoms with van der Waals surface area (Å²) in [6.07, 6.45) is 16.2. The van der Waals surface area contributed by atoms with E-state index < -0.39 is 0 Å². The molecule has 0 bridgehead atoms. The van der Waals surface area contributed by atoms with Crippen LogP contribution in [0.2, 0.25) is 0 Å². The zero-order valence-electron chi connectivity index (χ0n) is 28.3. The number of carbonyl (C=O) groups excluding carboxylic acids is 2. The number of halogens is 1. The number of amides is 1. The maximum Gasteiger partial charge on any atom is 0.306 e. The molecule has 4 nitrogen and oxygen atoms in total. The maximum atomic E-state index is 13.1. The third-order valence-corrected chi connectivity index (χ3v) is 13.3. The van der Waals surface area contributed by atoms with Gasteiger partial charge in [-0.2, -0.15) is 0 Å². The van der Waals surface area contributed by atoms with Crippen LogP contribution in [0, 0.1) is 58.1 Å². The Labute approximate surface area is 266 Å². The van der Waals surface area contributed by atoms with Crippen molar-refractivity contribution in [2.75, 3.05) is 5.32 Å². The lowest BCUT2D eigenvalue weighted by atomic mass is 9.47. The summed E-state index contributed by atoms with van der Waals surface area (Å²) in [6, 6.07) is 5.64. The molecular weight excluding hydrogens is 549 g/mol. The molecule has 1 aromatic carbocycles. The van der Waals surface area contributed by atoms with E-state index in [2.05, 4.69) is 52.9 Å². The largest absolute Gasteiger partial charge is 0.462 e. The summed E-state index contributed by atoms with van der Waals surface area (Å²) in [7, 11) is 0. The van der Waals surface area contributed by atoms with Gasteiger partial charge in [0.25, 0.3) is 0 Å². The summed E-state index contributed by atoms with van der Waals surface area (Å²) in [6.45, 7) is 14.9. The number of anilines is 1. The molecule has 0 heterocycles. The number of nitrogens with one attached hydrogen (secondary N) is 1. The van der Waals surface area contributed by atoms with Crippen molar-refractivity contribution in [1.82, 2.24) is 0 Å². The summed E-state index contributed by atoms with van der Waals surface area (Å²) in [5, 5.41) is 2.72. The van der Waals surface area contributed by atoms with Crippen molar-refractivity contribution in [3.8, 4) is 0 Å². The number of allylic oxidation sites excluding steroid dienone is 1. The summed E-state index contributed by atoms with van der Waals surface area (Å²) in [4.78, 5) is 25.0. The van der Waals surface area contributed by atoms with E-state index in [0.717, 1.165) is 60.7 Å². The predicted molar refractivity (Wildman–Crippen MR) is 176 cm³/mol. The highest BCUT2D eigenvalue weighted by Gasteiger charge is 2.59. The van der Waals surface area contributed by atoms with Gasteiger partial charge in [0, 0.05) is 18.5 Å². The van der Waals surface area contributed by atoms with Crippen molar-refractivity contribution < 1.29 is 18.7 Å². The van der Waals surface area contributed by atoms with Crippen LogP contribution in [0.4, 0.5) is 10.1 Å². The molecule has 0 unspecified atom stereocenters. The second-order valence-electron chi connectivity index (χ2n) is 15.9. The van der Waals surface area contributed by atoms with Gasteiger partial charge in [0.2, 0.25) is 5.91 Å². The van der Waals surface area contributed by atoms with Crippen molar-refractivity contribution in [2.24, 2.45) is 52.3 Å². The number of esters is 1. The van der Waals surface area contributed by atoms with E-state index >= 15 is 0 Å². The smallest absolute Gasteiger partial charge is 0.306 e. The highest BCUT2D eigenvalue weighted by molar-refractivity contribution is 5.92. The second-order valence-corrected chi connectivity index (χ2v) is 15.9.